The zero-order valence-corrected chi connectivity index (χ0v) is 12.9. The van der Waals surface area contributed by atoms with Crippen LogP contribution in [0.5, 0.6) is 0 Å². The van der Waals surface area contributed by atoms with Crippen LogP contribution in [0.4, 0.5) is 5.69 Å². The van der Waals surface area contributed by atoms with Gasteiger partial charge in [-0.05, 0) is 37.2 Å². The molecule has 0 aliphatic carbocycles. The summed E-state index contributed by atoms with van der Waals surface area (Å²) in [5, 5.41) is 8.92. The van der Waals surface area contributed by atoms with Crippen LogP contribution in [-0.2, 0) is 0 Å². The highest BCUT2D eigenvalue weighted by Gasteiger charge is 2.16. The Morgan fingerprint density at radius 3 is 2.29 bits per heavy atom. The van der Waals surface area contributed by atoms with Gasteiger partial charge in [0.05, 0.1) is 5.56 Å². The Morgan fingerprint density at radius 1 is 1.05 bits per heavy atom. The smallest absolute Gasteiger partial charge is 0.335 e. The van der Waals surface area contributed by atoms with Crippen molar-refractivity contribution in [1.82, 2.24) is 4.90 Å². The number of piperazine rings is 1. The van der Waals surface area contributed by atoms with Crippen LogP contribution in [0, 0.1) is 0 Å². The van der Waals surface area contributed by atoms with Crippen molar-refractivity contribution in [2.24, 2.45) is 0 Å². The number of anilines is 1. The van der Waals surface area contributed by atoms with Crippen LogP contribution in [0.15, 0.2) is 24.3 Å². The normalized spacial score (nSPS) is 16.1. The van der Waals surface area contributed by atoms with Crippen LogP contribution in [0.1, 0.15) is 43.0 Å². The van der Waals surface area contributed by atoms with Gasteiger partial charge in [0.1, 0.15) is 0 Å². The summed E-state index contributed by atoms with van der Waals surface area (Å²) < 4.78 is 0. The fourth-order valence-corrected chi connectivity index (χ4v) is 2.81. The predicted molar refractivity (Wildman–Crippen MR) is 86.2 cm³/mol. The van der Waals surface area contributed by atoms with E-state index in [1.807, 2.05) is 12.1 Å². The molecule has 0 spiro atoms. The molecule has 1 aliphatic rings. The van der Waals surface area contributed by atoms with Crippen LogP contribution >= 0.6 is 0 Å². The van der Waals surface area contributed by atoms with Crippen molar-refractivity contribution in [2.45, 2.75) is 32.6 Å². The van der Waals surface area contributed by atoms with Gasteiger partial charge in [0.15, 0.2) is 0 Å². The van der Waals surface area contributed by atoms with Gasteiger partial charge in [-0.15, -0.1) is 0 Å². The zero-order valence-electron chi connectivity index (χ0n) is 12.9. The molecular formula is C17H26N2O2. The number of nitrogens with zero attached hydrogens (tertiary/aromatic N) is 2. The van der Waals surface area contributed by atoms with E-state index >= 15 is 0 Å². The van der Waals surface area contributed by atoms with E-state index in [2.05, 4.69) is 16.7 Å². The van der Waals surface area contributed by atoms with Crippen LogP contribution in [-0.4, -0.2) is 48.7 Å². The second kappa shape index (κ2) is 8.03. The number of carbonyl (C=O) groups is 1. The van der Waals surface area contributed by atoms with E-state index in [0.29, 0.717) is 5.56 Å². The van der Waals surface area contributed by atoms with Gasteiger partial charge in [-0.3, -0.25) is 4.90 Å². The number of benzene rings is 1. The summed E-state index contributed by atoms with van der Waals surface area (Å²) >= 11 is 0. The minimum absolute atomic E-state index is 0.355. The Labute approximate surface area is 127 Å². The van der Waals surface area contributed by atoms with E-state index in [0.717, 1.165) is 31.9 Å². The van der Waals surface area contributed by atoms with Crippen molar-refractivity contribution in [1.29, 1.82) is 0 Å². The van der Waals surface area contributed by atoms with Gasteiger partial charge in [-0.25, -0.2) is 4.79 Å². The highest BCUT2D eigenvalue weighted by atomic mass is 16.4. The van der Waals surface area contributed by atoms with E-state index in [4.69, 9.17) is 5.11 Å². The lowest BCUT2D eigenvalue weighted by Gasteiger charge is -2.36. The molecule has 0 bridgehead atoms. The summed E-state index contributed by atoms with van der Waals surface area (Å²) in [6.07, 6.45) is 5.28. The molecule has 0 aromatic heterocycles. The molecule has 1 N–H and O–H groups in total. The summed E-state index contributed by atoms with van der Waals surface area (Å²) in [6.45, 7) is 7.72. The first-order chi connectivity index (χ1) is 10.2. The molecule has 0 atom stereocenters. The molecule has 21 heavy (non-hydrogen) atoms. The number of hydrogen-bond acceptors (Lipinski definition) is 3. The molecule has 116 valence electrons. The number of carboxylic acid groups (broad SMARTS) is 1. The van der Waals surface area contributed by atoms with Gasteiger partial charge in [-0.1, -0.05) is 26.2 Å². The molecule has 0 saturated carbocycles. The maximum atomic E-state index is 10.9. The molecule has 0 amide bonds. The summed E-state index contributed by atoms with van der Waals surface area (Å²) in [6, 6.07) is 7.21. The van der Waals surface area contributed by atoms with Gasteiger partial charge in [0.25, 0.3) is 0 Å². The first-order valence-electron chi connectivity index (χ1n) is 8.01. The molecule has 1 heterocycles. The quantitative estimate of drug-likeness (QED) is 0.784. The van der Waals surface area contributed by atoms with Crippen LogP contribution < -0.4 is 4.90 Å². The molecule has 0 radical (unpaired) electrons. The molecule has 1 saturated heterocycles. The standard InChI is InChI=1S/C17H26N2O2/c1-2-3-4-5-10-18-11-13-19(14-12-18)16-8-6-15(7-9-16)17(20)21/h6-9H,2-5,10-14H2,1H3,(H,20,21). The molecule has 4 heteroatoms. The highest BCUT2D eigenvalue weighted by molar-refractivity contribution is 5.88. The van der Waals surface area contributed by atoms with Gasteiger partial charge in [-0.2, -0.15) is 0 Å². The number of rotatable bonds is 7. The van der Waals surface area contributed by atoms with Gasteiger partial charge >= 0.3 is 5.97 Å². The third-order valence-corrected chi connectivity index (χ3v) is 4.18. The molecular weight excluding hydrogens is 264 g/mol. The van der Waals surface area contributed by atoms with E-state index in [-0.39, 0.29) is 0 Å². The average Bonchev–Trinajstić information content (AvgIpc) is 2.52. The second-order valence-electron chi connectivity index (χ2n) is 5.74. The van der Waals surface area contributed by atoms with Crippen LogP contribution in [0.3, 0.4) is 0 Å². The van der Waals surface area contributed by atoms with Crippen molar-refractivity contribution in [3.8, 4) is 0 Å². The van der Waals surface area contributed by atoms with E-state index < -0.39 is 5.97 Å². The number of unbranched alkanes of at least 4 members (excludes halogenated alkanes) is 3. The van der Waals surface area contributed by atoms with Gasteiger partial charge in [0, 0.05) is 31.9 Å². The minimum atomic E-state index is -0.863. The SMILES string of the molecule is CCCCCCN1CCN(c2ccc(C(=O)O)cc2)CC1. The molecule has 1 aromatic rings. The topological polar surface area (TPSA) is 43.8 Å². The first-order valence-corrected chi connectivity index (χ1v) is 8.01. The second-order valence-corrected chi connectivity index (χ2v) is 5.74. The fourth-order valence-electron chi connectivity index (χ4n) is 2.81. The Morgan fingerprint density at radius 2 is 1.71 bits per heavy atom. The number of carboxylic acids is 1. The summed E-state index contributed by atoms with van der Waals surface area (Å²) in [7, 11) is 0. The van der Waals surface area contributed by atoms with Crippen molar-refractivity contribution >= 4 is 11.7 Å². The summed E-state index contributed by atoms with van der Waals surface area (Å²) in [5.41, 5.74) is 1.49. The minimum Gasteiger partial charge on any atom is -0.478 e. The molecule has 4 nitrogen and oxygen atoms in total. The fraction of sp³-hybridized carbons (Fsp3) is 0.588. The van der Waals surface area contributed by atoms with Crippen molar-refractivity contribution in [3.63, 3.8) is 0 Å². The third-order valence-electron chi connectivity index (χ3n) is 4.18. The van der Waals surface area contributed by atoms with Gasteiger partial charge in [0.2, 0.25) is 0 Å². The van der Waals surface area contributed by atoms with E-state index in [9.17, 15) is 4.79 Å². The summed E-state index contributed by atoms with van der Waals surface area (Å²) in [5.74, 6) is -0.863. The largest absolute Gasteiger partial charge is 0.478 e. The monoisotopic (exact) mass is 290 g/mol. The Hall–Kier alpha value is -1.55. The Kier molecular flexibility index (Phi) is 6.05. The molecule has 1 aromatic carbocycles. The zero-order chi connectivity index (χ0) is 15.1. The van der Waals surface area contributed by atoms with Crippen molar-refractivity contribution < 1.29 is 9.90 Å². The van der Waals surface area contributed by atoms with Crippen molar-refractivity contribution in [2.75, 3.05) is 37.6 Å². The van der Waals surface area contributed by atoms with E-state index in [1.165, 1.54) is 32.2 Å². The Balaban J connectivity index is 1.76. The summed E-state index contributed by atoms with van der Waals surface area (Å²) in [4.78, 5) is 15.7. The molecule has 0 unspecified atom stereocenters. The number of hydrogen-bond donors (Lipinski definition) is 1. The predicted octanol–water partition coefficient (Wildman–Crippen LogP) is 3.09. The number of aromatic carboxylic acids is 1. The lowest BCUT2D eigenvalue weighted by Crippen LogP contribution is -2.46. The van der Waals surface area contributed by atoms with Crippen LogP contribution in [0.2, 0.25) is 0 Å². The van der Waals surface area contributed by atoms with E-state index in [1.54, 1.807) is 12.1 Å². The van der Waals surface area contributed by atoms with Crippen LogP contribution in [0.25, 0.3) is 0 Å². The van der Waals surface area contributed by atoms with Crippen molar-refractivity contribution in [3.05, 3.63) is 29.8 Å². The maximum absolute atomic E-state index is 10.9. The Bertz CT molecular complexity index is 437. The highest BCUT2D eigenvalue weighted by Crippen LogP contribution is 2.17. The molecule has 1 aliphatic heterocycles. The van der Waals surface area contributed by atoms with Gasteiger partial charge < -0.3 is 10.0 Å². The maximum Gasteiger partial charge on any atom is 0.335 e. The molecule has 2 rings (SSSR count). The first kappa shape index (κ1) is 15.8. The average molecular weight is 290 g/mol. The third kappa shape index (κ3) is 4.74. The lowest BCUT2D eigenvalue weighted by atomic mass is 10.1. The molecule has 1 fully saturated rings. The lowest BCUT2D eigenvalue weighted by molar-refractivity contribution is 0.0697.